The number of imidazole rings is 1. The van der Waals surface area contributed by atoms with Gasteiger partial charge in [-0.05, 0) is 55.6 Å². The largest absolute Gasteiger partial charge is 0.493 e. The van der Waals surface area contributed by atoms with Crippen LogP contribution in [-0.4, -0.2) is 69.4 Å². The van der Waals surface area contributed by atoms with E-state index in [-0.39, 0.29) is 24.0 Å². The first kappa shape index (κ1) is 34.4. The van der Waals surface area contributed by atoms with E-state index in [1.165, 1.54) is 20.1 Å². The zero-order chi connectivity index (χ0) is 35.0. The van der Waals surface area contributed by atoms with Gasteiger partial charge in [0.25, 0.3) is 5.91 Å². The molecule has 4 aromatic rings. The molecular weight excluding hydrogens is 653 g/mol. The Labute approximate surface area is 288 Å². The van der Waals surface area contributed by atoms with Crippen molar-refractivity contribution in [3.63, 3.8) is 0 Å². The summed E-state index contributed by atoms with van der Waals surface area (Å²) in [5.41, 5.74) is 4.77. The maximum absolute atomic E-state index is 15.7. The standard InChI is InChI=1S/C36H39ClFN5O6/c1-36(19-44,35(46)47)39-17-20-11-13-29(31(38)32(20)48-4)49-28-14-12-22-21(7-5-8-23(22)28)24-9-6-10-25(30(24)37)41-34(45)33-40-26-18-42(2)16-15-27(26)43(33)3/h5-11,13,28,39,44H,12,14-19H2,1-4H3,(H,41,45)(H,46,47). The molecular formula is C36H39ClFN5O6. The molecule has 13 heteroatoms. The minimum absolute atomic E-state index is 0.00245. The number of hydrogen-bond acceptors (Lipinski definition) is 8. The number of aliphatic hydroxyl groups is 1. The average Bonchev–Trinajstić information content (AvgIpc) is 3.65. The summed E-state index contributed by atoms with van der Waals surface area (Å²) in [6.07, 6.45) is 1.63. The fourth-order valence-electron chi connectivity index (χ4n) is 6.54. The summed E-state index contributed by atoms with van der Waals surface area (Å²) >= 11 is 6.96. The monoisotopic (exact) mass is 691 g/mol. The van der Waals surface area contributed by atoms with Crippen molar-refractivity contribution in [2.24, 2.45) is 7.05 Å². The van der Waals surface area contributed by atoms with Crippen molar-refractivity contribution in [3.05, 3.63) is 93.3 Å². The lowest BCUT2D eigenvalue weighted by atomic mass is 9.96. The molecule has 0 saturated carbocycles. The summed E-state index contributed by atoms with van der Waals surface area (Å²) in [6.45, 7) is 2.24. The van der Waals surface area contributed by atoms with Gasteiger partial charge in [0.05, 0.1) is 30.1 Å². The Bertz CT molecular complexity index is 1930. The van der Waals surface area contributed by atoms with Gasteiger partial charge < -0.3 is 34.5 Å². The van der Waals surface area contributed by atoms with Crippen molar-refractivity contribution < 1.29 is 33.7 Å². The second-order valence-corrected chi connectivity index (χ2v) is 13.1. The van der Waals surface area contributed by atoms with Gasteiger partial charge in [-0.15, -0.1) is 0 Å². The Morgan fingerprint density at radius 2 is 1.88 bits per heavy atom. The molecule has 0 bridgehead atoms. The lowest BCUT2D eigenvalue weighted by molar-refractivity contribution is -0.145. The molecule has 1 aliphatic heterocycles. The molecule has 1 amide bonds. The first-order valence-electron chi connectivity index (χ1n) is 16.0. The zero-order valence-corrected chi connectivity index (χ0v) is 28.5. The normalized spacial score (nSPS) is 16.8. The summed E-state index contributed by atoms with van der Waals surface area (Å²) in [5, 5.41) is 25.1. The summed E-state index contributed by atoms with van der Waals surface area (Å²) in [5.74, 6) is -2.03. The smallest absolute Gasteiger partial charge is 0.326 e. The SMILES string of the molecule is COc1c(CNC(C)(CO)C(=O)O)ccc(OC2CCc3c(-c4cccc(NC(=O)c5nc6c(n5C)CCN(C)C6)c4Cl)cccc32)c1F. The third kappa shape index (κ3) is 6.49. The van der Waals surface area contributed by atoms with Crippen LogP contribution in [0.15, 0.2) is 48.5 Å². The van der Waals surface area contributed by atoms with Crippen LogP contribution in [0.1, 0.15) is 58.1 Å². The number of aromatic nitrogens is 2. The van der Waals surface area contributed by atoms with Crippen molar-refractivity contribution in [2.45, 2.75) is 50.9 Å². The van der Waals surface area contributed by atoms with Crippen molar-refractivity contribution in [1.82, 2.24) is 19.8 Å². The number of aliphatic hydroxyl groups excluding tert-OH is 1. The van der Waals surface area contributed by atoms with Crippen molar-refractivity contribution in [3.8, 4) is 22.6 Å². The number of carbonyl (C=O) groups excluding carboxylic acids is 1. The van der Waals surface area contributed by atoms with E-state index < -0.39 is 30.0 Å². The number of hydrogen-bond donors (Lipinski definition) is 4. The van der Waals surface area contributed by atoms with E-state index in [1.54, 1.807) is 12.1 Å². The molecule has 2 atom stereocenters. The number of likely N-dealkylation sites (N-methyl/N-ethyl adjacent to an activating group) is 1. The van der Waals surface area contributed by atoms with E-state index in [4.69, 9.17) is 21.1 Å². The van der Waals surface area contributed by atoms with E-state index in [1.807, 2.05) is 49.0 Å². The zero-order valence-electron chi connectivity index (χ0n) is 27.8. The predicted octanol–water partition coefficient (Wildman–Crippen LogP) is 5.12. The minimum atomic E-state index is -1.61. The number of anilines is 1. The third-order valence-corrected chi connectivity index (χ3v) is 9.88. The van der Waals surface area contributed by atoms with Gasteiger partial charge in [0.2, 0.25) is 5.82 Å². The summed E-state index contributed by atoms with van der Waals surface area (Å²) < 4.78 is 29.1. The number of carboxylic acids is 1. The minimum Gasteiger partial charge on any atom is -0.493 e. The molecule has 1 aromatic heterocycles. The first-order chi connectivity index (χ1) is 23.4. The quantitative estimate of drug-likeness (QED) is 0.169. The highest BCUT2D eigenvalue weighted by Gasteiger charge is 2.33. The number of fused-ring (bicyclic) bond motifs is 2. The van der Waals surface area contributed by atoms with Crippen LogP contribution in [0.3, 0.4) is 0 Å². The van der Waals surface area contributed by atoms with Crippen LogP contribution in [0, 0.1) is 5.82 Å². The number of carbonyl (C=O) groups is 2. The number of ether oxygens (including phenoxy) is 2. The molecule has 2 heterocycles. The maximum atomic E-state index is 15.7. The molecule has 0 radical (unpaired) electrons. The maximum Gasteiger partial charge on any atom is 0.326 e. The number of rotatable bonds is 11. The molecule has 11 nitrogen and oxygen atoms in total. The number of amides is 1. The average molecular weight is 692 g/mol. The predicted molar refractivity (Wildman–Crippen MR) is 183 cm³/mol. The molecule has 3 aromatic carbocycles. The number of carboxylic acid groups (broad SMARTS) is 1. The van der Waals surface area contributed by atoms with Crippen LogP contribution >= 0.6 is 11.6 Å². The highest BCUT2D eigenvalue weighted by Crippen LogP contribution is 2.44. The molecule has 2 unspecified atom stereocenters. The Kier molecular flexibility index (Phi) is 9.67. The Hall–Kier alpha value is -4.49. The van der Waals surface area contributed by atoms with Crippen LogP contribution in [-0.2, 0) is 37.8 Å². The van der Waals surface area contributed by atoms with Crippen molar-refractivity contribution >= 4 is 29.2 Å². The van der Waals surface area contributed by atoms with Gasteiger partial charge in [0.1, 0.15) is 11.6 Å². The molecule has 6 rings (SSSR count). The Morgan fingerprint density at radius 1 is 1.12 bits per heavy atom. The number of methoxy groups -OCH3 is 1. The van der Waals surface area contributed by atoms with Gasteiger partial charge >= 0.3 is 5.97 Å². The van der Waals surface area contributed by atoms with Crippen molar-refractivity contribution in [1.29, 1.82) is 0 Å². The molecule has 0 spiro atoms. The van der Waals surface area contributed by atoms with Crippen LogP contribution in [0.5, 0.6) is 11.5 Å². The fraction of sp³-hybridized carbons (Fsp3) is 0.361. The molecule has 49 heavy (non-hydrogen) atoms. The Morgan fingerprint density at radius 3 is 2.61 bits per heavy atom. The topological polar surface area (TPSA) is 138 Å². The van der Waals surface area contributed by atoms with E-state index in [0.717, 1.165) is 46.6 Å². The molecule has 4 N–H and O–H groups in total. The molecule has 0 fully saturated rings. The molecule has 1 aliphatic carbocycles. The molecule has 2 aliphatic rings. The van der Waals surface area contributed by atoms with Crippen LogP contribution in [0.25, 0.3) is 11.1 Å². The van der Waals surface area contributed by atoms with E-state index >= 15 is 4.39 Å². The second-order valence-electron chi connectivity index (χ2n) is 12.7. The number of nitrogens with zero attached hydrogens (tertiary/aromatic N) is 3. The van der Waals surface area contributed by atoms with Gasteiger partial charge in [-0.25, -0.2) is 4.98 Å². The number of nitrogens with one attached hydrogen (secondary N) is 2. The van der Waals surface area contributed by atoms with E-state index in [9.17, 15) is 19.8 Å². The van der Waals surface area contributed by atoms with Gasteiger partial charge in [0.15, 0.2) is 17.3 Å². The number of halogens is 2. The number of aliphatic carboxylic acids is 1. The van der Waals surface area contributed by atoms with Crippen molar-refractivity contribution in [2.75, 3.05) is 32.6 Å². The van der Waals surface area contributed by atoms with Gasteiger partial charge in [-0.1, -0.05) is 48.0 Å². The van der Waals surface area contributed by atoms with Crippen LogP contribution in [0.2, 0.25) is 5.02 Å². The van der Waals surface area contributed by atoms with Gasteiger partial charge in [-0.3, -0.25) is 14.9 Å². The van der Waals surface area contributed by atoms with Gasteiger partial charge in [0, 0.05) is 49.9 Å². The van der Waals surface area contributed by atoms with E-state index in [2.05, 4.69) is 20.5 Å². The highest BCUT2D eigenvalue weighted by atomic mass is 35.5. The third-order valence-electron chi connectivity index (χ3n) is 9.48. The number of benzene rings is 3. The second kappa shape index (κ2) is 13.8. The van der Waals surface area contributed by atoms with Crippen LogP contribution in [0.4, 0.5) is 10.1 Å². The Balaban J connectivity index is 1.22. The lowest BCUT2D eigenvalue weighted by Gasteiger charge is -2.24. The molecule has 0 saturated heterocycles. The summed E-state index contributed by atoms with van der Waals surface area (Å²) in [6, 6.07) is 14.4. The first-order valence-corrected chi connectivity index (χ1v) is 16.4. The molecule has 258 valence electrons. The van der Waals surface area contributed by atoms with E-state index in [0.29, 0.717) is 41.5 Å². The highest BCUT2D eigenvalue weighted by molar-refractivity contribution is 6.36. The van der Waals surface area contributed by atoms with Gasteiger partial charge in [-0.2, -0.15) is 4.39 Å². The fourth-order valence-corrected chi connectivity index (χ4v) is 6.81. The summed E-state index contributed by atoms with van der Waals surface area (Å²) in [7, 11) is 5.22. The van der Waals surface area contributed by atoms with Crippen LogP contribution < -0.4 is 20.1 Å². The lowest BCUT2D eigenvalue weighted by Crippen LogP contribution is -2.52. The summed E-state index contributed by atoms with van der Waals surface area (Å²) in [4.78, 5) is 31.8.